The third kappa shape index (κ3) is 2.41. The Morgan fingerprint density at radius 2 is 2.05 bits per heavy atom. The van der Waals surface area contributed by atoms with E-state index in [0.717, 1.165) is 6.39 Å². The van der Waals surface area contributed by atoms with Gasteiger partial charge in [0.2, 0.25) is 11.6 Å². The van der Waals surface area contributed by atoms with Crippen LogP contribution in [0, 0.1) is 5.82 Å². The second-order valence-corrected chi connectivity index (χ2v) is 3.90. The highest BCUT2D eigenvalue weighted by Gasteiger charge is 2.13. The number of halogens is 1. The van der Waals surface area contributed by atoms with Gasteiger partial charge in [-0.1, -0.05) is 5.16 Å². The number of carbonyl (C=O) groups excluding carboxylic acids is 1. The van der Waals surface area contributed by atoms with E-state index in [-0.39, 0.29) is 17.5 Å². The lowest BCUT2D eigenvalue weighted by molar-refractivity contribution is 0.0993. The molecule has 0 saturated carbocycles. The maximum Gasteiger partial charge on any atom is 0.295 e. The molecule has 0 atom stereocenters. The number of nitrogens with zero attached hydrogens (tertiary/aromatic N) is 2. The van der Waals surface area contributed by atoms with E-state index < -0.39 is 5.91 Å². The van der Waals surface area contributed by atoms with Gasteiger partial charge in [-0.2, -0.15) is 0 Å². The van der Waals surface area contributed by atoms with Crippen molar-refractivity contribution in [3.8, 4) is 11.3 Å². The zero-order valence-corrected chi connectivity index (χ0v) is 10.0. The third-order valence-corrected chi connectivity index (χ3v) is 2.54. The smallest absolute Gasteiger partial charge is 0.295 e. The van der Waals surface area contributed by atoms with E-state index >= 15 is 0 Å². The van der Waals surface area contributed by atoms with Gasteiger partial charge < -0.3 is 8.94 Å². The van der Waals surface area contributed by atoms with Gasteiger partial charge in [0.1, 0.15) is 11.5 Å². The first-order valence-electron chi connectivity index (χ1n) is 5.65. The molecule has 0 aliphatic heterocycles. The minimum absolute atomic E-state index is 0.0599. The summed E-state index contributed by atoms with van der Waals surface area (Å²) in [5.41, 5.74) is 1.16. The summed E-state index contributed by atoms with van der Waals surface area (Å²) < 4.78 is 22.6. The Kier molecular flexibility index (Phi) is 3.00. The minimum atomic E-state index is -0.496. The molecule has 2 aromatic heterocycles. The summed E-state index contributed by atoms with van der Waals surface area (Å²) in [4.78, 5) is 15.3. The fourth-order valence-electron chi connectivity index (χ4n) is 1.59. The Morgan fingerprint density at radius 3 is 2.75 bits per heavy atom. The molecule has 2 heterocycles. The maximum atomic E-state index is 12.8. The molecule has 0 radical (unpaired) electrons. The van der Waals surface area contributed by atoms with Crippen LogP contribution >= 0.6 is 0 Å². The second kappa shape index (κ2) is 4.96. The molecular formula is C13H8FN3O3. The number of hydrogen-bond donors (Lipinski definition) is 1. The summed E-state index contributed by atoms with van der Waals surface area (Å²) in [7, 11) is 0. The van der Waals surface area contributed by atoms with E-state index in [1.165, 1.54) is 24.4 Å². The molecule has 1 amide bonds. The molecule has 3 aromatic rings. The summed E-state index contributed by atoms with van der Waals surface area (Å²) in [5, 5.41) is 6.26. The Morgan fingerprint density at radius 1 is 1.25 bits per heavy atom. The highest BCUT2D eigenvalue weighted by Crippen LogP contribution is 2.22. The van der Waals surface area contributed by atoms with Crippen molar-refractivity contribution < 1.29 is 18.1 Å². The standard InChI is InChI=1S/C13H8FN3O3/c14-9-3-1-8(2-4-9)10-5-12(20-17-10)16-13(18)11-6-15-7-19-11/h1-7H,(H,16,18). The summed E-state index contributed by atoms with van der Waals surface area (Å²) in [6.07, 6.45) is 2.44. The quantitative estimate of drug-likeness (QED) is 0.793. The minimum Gasteiger partial charge on any atom is -0.438 e. The molecule has 0 unspecified atom stereocenters. The number of oxazole rings is 1. The van der Waals surface area contributed by atoms with Gasteiger partial charge in [0.05, 0.1) is 6.20 Å². The third-order valence-electron chi connectivity index (χ3n) is 2.54. The first kappa shape index (κ1) is 12.1. The normalized spacial score (nSPS) is 10.4. The van der Waals surface area contributed by atoms with E-state index in [9.17, 15) is 9.18 Å². The molecule has 3 rings (SSSR count). The molecule has 1 aromatic carbocycles. The van der Waals surface area contributed by atoms with Gasteiger partial charge in [0, 0.05) is 11.6 Å². The molecule has 100 valence electrons. The first-order valence-corrected chi connectivity index (χ1v) is 5.65. The monoisotopic (exact) mass is 273 g/mol. The van der Waals surface area contributed by atoms with Crippen LogP contribution in [0.15, 0.2) is 51.9 Å². The van der Waals surface area contributed by atoms with Gasteiger partial charge in [0.25, 0.3) is 5.91 Å². The van der Waals surface area contributed by atoms with E-state index in [1.807, 2.05) is 0 Å². The molecule has 1 N–H and O–H groups in total. The Hall–Kier alpha value is -2.96. The van der Waals surface area contributed by atoms with Gasteiger partial charge >= 0.3 is 0 Å². The van der Waals surface area contributed by atoms with E-state index in [1.54, 1.807) is 12.1 Å². The number of benzene rings is 1. The highest BCUT2D eigenvalue weighted by molar-refractivity contribution is 6.01. The van der Waals surface area contributed by atoms with Gasteiger partial charge in [-0.3, -0.25) is 10.1 Å². The lowest BCUT2D eigenvalue weighted by Gasteiger charge is -1.95. The van der Waals surface area contributed by atoms with Crippen LogP contribution in [-0.2, 0) is 0 Å². The topological polar surface area (TPSA) is 81.2 Å². The van der Waals surface area contributed by atoms with E-state index in [0.29, 0.717) is 11.3 Å². The lowest BCUT2D eigenvalue weighted by atomic mass is 10.1. The van der Waals surface area contributed by atoms with Crippen molar-refractivity contribution in [1.29, 1.82) is 0 Å². The predicted octanol–water partition coefficient (Wildman–Crippen LogP) is 2.72. The summed E-state index contributed by atoms with van der Waals surface area (Å²) in [6.45, 7) is 0. The van der Waals surface area contributed by atoms with Crippen molar-refractivity contribution >= 4 is 11.8 Å². The van der Waals surface area contributed by atoms with Crippen LogP contribution < -0.4 is 5.32 Å². The van der Waals surface area contributed by atoms with Gasteiger partial charge in [-0.15, -0.1) is 0 Å². The highest BCUT2D eigenvalue weighted by atomic mass is 19.1. The Bertz CT molecular complexity index is 720. The molecule has 0 fully saturated rings. The van der Waals surface area contributed by atoms with Crippen LogP contribution in [0.4, 0.5) is 10.3 Å². The maximum absolute atomic E-state index is 12.8. The van der Waals surface area contributed by atoms with Gasteiger partial charge in [0.15, 0.2) is 6.39 Å². The molecule has 0 bridgehead atoms. The fraction of sp³-hybridized carbons (Fsp3) is 0. The summed E-state index contributed by atoms with van der Waals surface area (Å²) in [6, 6.07) is 7.29. The van der Waals surface area contributed by atoms with E-state index in [4.69, 9.17) is 8.94 Å². The predicted molar refractivity (Wildman–Crippen MR) is 66.4 cm³/mol. The van der Waals surface area contributed by atoms with Crippen LogP contribution in [0.1, 0.15) is 10.6 Å². The second-order valence-electron chi connectivity index (χ2n) is 3.90. The SMILES string of the molecule is O=C(Nc1cc(-c2ccc(F)cc2)no1)c1cnco1. The van der Waals surface area contributed by atoms with E-state index in [2.05, 4.69) is 15.5 Å². The van der Waals surface area contributed by atoms with Gasteiger partial charge in [-0.05, 0) is 24.3 Å². The van der Waals surface area contributed by atoms with Crippen molar-refractivity contribution in [2.45, 2.75) is 0 Å². The molecule has 0 saturated heterocycles. The zero-order chi connectivity index (χ0) is 13.9. The largest absolute Gasteiger partial charge is 0.438 e. The Labute approximate surface area is 112 Å². The molecule has 6 nitrogen and oxygen atoms in total. The number of nitrogens with one attached hydrogen (secondary N) is 1. The van der Waals surface area contributed by atoms with Crippen LogP contribution in [-0.4, -0.2) is 16.0 Å². The van der Waals surface area contributed by atoms with Crippen LogP contribution in [0.2, 0.25) is 0 Å². The van der Waals surface area contributed by atoms with Crippen molar-refractivity contribution in [3.63, 3.8) is 0 Å². The molecule has 7 heteroatoms. The van der Waals surface area contributed by atoms with Crippen molar-refractivity contribution in [2.24, 2.45) is 0 Å². The number of amides is 1. The lowest BCUT2D eigenvalue weighted by Crippen LogP contribution is -2.09. The number of anilines is 1. The number of rotatable bonds is 3. The number of hydrogen-bond acceptors (Lipinski definition) is 5. The molecule has 20 heavy (non-hydrogen) atoms. The average Bonchev–Trinajstić information content (AvgIpc) is 3.10. The molecule has 0 aliphatic carbocycles. The van der Waals surface area contributed by atoms with Crippen molar-refractivity contribution in [3.05, 3.63) is 54.5 Å². The summed E-state index contributed by atoms with van der Waals surface area (Å²) >= 11 is 0. The number of carbonyl (C=O) groups is 1. The van der Waals surface area contributed by atoms with Gasteiger partial charge in [-0.25, -0.2) is 9.37 Å². The molecular weight excluding hydrogens is 265 g/mol. The van der Waals surface area contributed by atoms with Crippen LogP contribution in [0.5, 0.6) is 0 Å². The first-order chi connectivity index (χ1) is 9.72. The average molecular weight is 273 g/mol. The zero-order valence-electron chi connectivity index (χ0n) is 10.0. The van der Waals surface area contributed by atoms with Crippen molar-refractivity contribution in [2.75, 3.05) is 5.32 Å². The van der Waals surface area contributed by atoms with Crippen molar-refractivity contribution in [1.82, 2.24) is 10.1 Å². The molecule has 0 spiro atoms. The molecule has 0 aliphatic rings. The fourth-order valence-corrected chi connectivity index (χ4v) is 1.59. The van der Waals surface area contributed by atoms with Crippen LogP contribution in [0.3, 0.4) is 0 Å². The Balaban J connectivity index is 1.77. The summed E-state index contributed by atoms with van der Waals surface area (Å²) in [5.74, 6) is -0.615. The number of aromatic nitrogens is 2. The van der Waals surface area contributed by atoms with Crippen LogP contribution in [0.25, 0.3) is 11.3 Å².